The lowest BCUT2D eigenvalue weighted by Gasteiger charge is -2.37. The molecule has 1 saturated heterocycles. The van der Waals surface area contributed by atoms with Crippen molar-refractivity contribution >= 4 is 23.3 Å². The molecule has 2 rings (SSSR count). The first-order chi connectivity index (χ1) is 11.1. The third-order valence-electron chi connectivity index (χ3n) is 4.18. The van der Waals surface area contributed by atoms with E-state index in [0.29, 0.717) is 19.1 Å². The van der Waals surface area contributed by atoms with Crippen LogP contribution in [0.4, 0.5) is 4.79 Å². The quantitative estimate of drug-likeness (QED) is 0.776. The molecule has 23 heavy (non-hydrogen) atoms. The van der Waals surface area contributed by atoms with Gasteiger partial charge in [0.15, 0.2) is 0 Å². The van der Waals surface area contributed by atoms with Gasteiger partial charge in [-0.15, -0.1) is 0 Å². The van der Waals surface area contributed by atoms with Crippen LogP contribution in [0.15, 0.2) is 16.8 Å². The molecule has 1 aromatic rings. The van der Waals surface area contributed by atoms with Crippen molar-refractivity contribution in [3.63, 3.8) is 0 Å². The normalized spacial score (nSPS) is 16.9. The molecule has 0 aromatic carbocycles. The van der Waals surface area contributed by atoms with Gasteiger partial charge < -0.3 is 15.5 Å². The molecule has 1 aromatic heterocycles. The van der Waals surface area contributed by atoms with E-state index in [9.17, 15) is 9.59 Å². The SMILES string of the molecule is CC(=O)NCCCNC(=O)N1CCN([C@H](C)c2ccsc2)CC1. The summed E-state index contributed by atoms with van der Waals surface area (Å²) in [5.74, 6) is -0.0350. The molecule has 1 fully saturated rings. The summed E-state index contributed by atoms with van der Waals surface area (Å²) in [6.45, 7) is 8.21. The third kappa shape index (κ3) is 5.51. The Morgan fingerprint density at radius 1 is 1.22 bits per heavy atom. The summed E-state index contributed by atoms with van der Waals surface area (Å²) >= 11 is 1.72. The van der Waals surface area contributed by atoms with Crippen LogP contribution in [0.25, 0.3) is 0 Å². The minimum absolute atomic E-state index is 0.00402. The number of amides is 3. The van der Waals surface area contributed by atoms with Gasteiger partial charge in [0.05, 0.1) is 0 Å². The van der Waals surface area contributed by atoms with Crippen LogP contribution >= 0.6 is 11.3 Å². The summed E-state index contributed by atoms with van der Waals surface area (Å²) < 4.78 is 0. The maximum absolute atomic E-state index is 12.1. The lowest BCUT2D eigenvalue weighted by atomic mass is 10.1. The zero-order valence-corrected chi connectivity index (χ0v) is 14.7. The number of hydrogen-bond acceptors (Lipinski definition) is 4. The predicted octanol–water partition coefficient (Wildman–Crippen LogP) is 1.66. The van der Waals surface area contributed by atoms with E-state index in [-0.39, 0.29) is 11.9 Å². The Balaban J connectivity index is 1.65. The fourth-order valence-electron chi connectivity index (χ4n) is 2.70. The van der Waals surface area contributed by atoms with Gasteiger partial charge in [0.1, 0.15) is 0 Å². The van der Waals surface area contributed by atoms with Crippen molar-refractivity contribution in [3.8, 4) is 0 Å². The summed E-state index contributed by atoms with van der Waals surface area (Å²) in [5, 5.41) is 9.94. The van der Waals surface area contributed by atoms with Gasteiger partial charge in [-0.2, -0.15) is 11.3 Å². The number of piperazine rings is 1. The second kappa shape index (κ2) is 8.88. The molecule has 128 valence electrons. The summed E-state index contributed by atoms with van der Waals surface area (Å²) in [4.78, 5) is 27.1. The monoisotopic (exact) mass is 338 g/mol. The second-order valence-corrected chi connectivity index (χ2v) is 6.60. The van der Waals surface area contributed by atoms with E-state index in [0.717, 1.165) is 32.6 Å². The first-order valence-corrected chi connectivity index (χ1v) is 9.05. The van der Waals surface area contributed by atoms with Gasteiger partial charge in [-0.1, -0.05) is 0 Å². The number of nitrogens with one attached hydrogen (secondary N) is 2. The Morgan fingerprint density at radius 3 is 2.52 bits per heavy atom. The van der Waals surface area contributed by atoms with Gasteiger partial charge >= 0.3 is 6.03 Å². The van der Waals surface area contributed by atoms with Crippen LogP contribution in [0.2, 0.25) is 0 Å². The van der Waals surface area contributed by atoms with Crippen molar-refractivity contribution in [2.24, 2.45) is 0 Å². The Labute approximate surface area is 141 Å². The van der Waals surface area contributed by atoms with Crippen LogP contribution in [-0.4, -0.2) is 61.0 Å². The Morgan fingerprint density at radius 2 is 1.91 bits per heavy atom. The van der Waals surface area contributed by atoms with Crippen LogP contribution in [0, 0.1) is 0 Å². The first kappa shape index (κ1) is 17.7. The van der Waals surface area contributed by atoms with Crippen molar-refractivity contribution in [2.45, 2.75) is 26.3 Å². The third-order valence-corrected chi connectivity index (χ3v) is 4.88. The van der Waals surface area contributed by atoms with Gasteiger partial charge in [-0.3, -0.25) is 9.69 Å². The van der Waals surface area contributed by atoms with Gasteiger partial charge in [0.25, 0.3) is 0 Å². The van der Waals surface area contributed by atoms with Gasteiger partial charge in [-0.25, -0.2) is 4.79 Å². The topological polar surface area (TPSA) is 64.7 Å². The van der Waals surface area contributed by atoms with E-state index in [1.807, 2.05) is 4.90 Å². The average Bonchev–Trinajstić information content (AvgIpc) is 3.08. The van der Waals surface area contributed by atoms with Crippen LogP contribution in [0.5, 0.6) is 0 Å². The van der Waals surface area contributed by atoms with E-state index < -0.39 is 0 Å². The predicted molar refractivity (Wildman–Crippen MR) is 92.6 cm³/mol. The van der Waals surface area contributed by atoms with Gasteiger partial charge in [0, 0.05) is 52.2 Å². The van der Waals surface area contributed by atoms with Crippen LogP contribution in [0.1, 0.15) is 31.9 Å². The maximum Gasteiger partial charge on any atom is 0.317 e. The van der Waals surface area contributed by atoms with Crippen molar-refractivity contribution in [1.82, 2.24) is 20.4 Å². The number of carbonyl (C=O) groups is 2. The molecule has 2 heterocycles. The molecule has 1 aliphatic rings. The summed E-state index contributed by atoms with van der Waals surface area (Å²) in [5.41, 5.74) is 1.35. The molecule has 0 saturated carbocycles. The van der Waals surface area contributed by atoms with Crippen molar-refractivity contribution in [3.05, 3.63) is 22.4 Å². The molecule has 0 bridgehead atoms. The number of nitrogens with zero attached hydrogens (tertiary/aromatic N) is 2. The van der Waals surface area contributed by atoms with Crippen molar-refractivity contribution in [2.75, 3.05) is 39.3 Å². The first-order valence-electron chi connectivity index (χ1n) is 8.11. The summed E-state index contributed by atoms with van der Waals surface area (Å²) in [6, 6.07) is 2.57. The molecule has 2 N–H and O–H groups in total. The Bertz CT molecular complexity index is 498. The summed E-state index contributed by atoms with van der Waals surface area (Å²) in [6.07, 6.45) is 0.750. The van der Waals surface area contributed by atoms with Crippen LogP contribution in [-0.2, 0) is 4.79 Å². The number of thiophene rings is 1. The standard InChI is InChI=1S/C16H26N4O2S/c1-13(15-4-11-23-12-15)19-7-9-20(10-8-19)16(22)18-6-3-5-17-14(2)21/h4,11-13H,3,5-10H2,1-2H3,(H,17,21)(H,18,22)/t13-/m1/s1. The zero-order chi connectivity index (χ0) is 16.7. The van der Waals surface area contributed by atoms with Gasteiger partial charge in [0.2, 0.25) is 5.91 Å². The average molecular weight is 338 g/mol. The van der Waals surface area contributed by atoms with E-state index >= 15 is 0 Å². The highest BCUT2D eigenvalue weighted by Gasteiger charge is 2.24. The van der Waals surface area contributed by atoms with Crippen molar-refractivity contribution < 1.29 is 9.59 Å². The fourth-order valence-corrected chi connectivity index (χ4v) is 3.44. The highest BCUT2D eigenvalue weighted by molar-refractivity contribution is 7.07. The van der Waals surface area contributed by atoms with E-state index in [4.69, 9.17) is 0 Å². The minimum atomic E-state index is -0.0350. The van der Waals surface area contributed by atoms with E-state index in [1.54, 1.807) is 11.3 Å². The number of rotatable bonds is 6. The molecule has 0 aliphatic carbocycles. The lowest BCUT2D eigenvalue weighted by molar-refractivity contribution is -0.118. The molecule has 1 atom stereocenters. The number of carbonyl (C=O) groups excluding carboxylic acids is 2. The molecule has 0 spiro atoms. The van der Waals surface area contributed by atoms with Crippen LogP contribution < -0.4 is 10.6 Å². The highest BCUT2D eigenvalue weighted by Crippen LogP contribution is 2.23. The number of hydrogen-bond donors (Lipinski definition) is 2. The highest BCUT2D eigenvalue weighted by atomic mass is 32.1. The molecule has 7 heteroatoms. The van der Waals surface area contributed by atoms with E-state index in [1.165, 1.54) is 12.5 Å². The van der Waals surface area contributed by atoms with Gasteiger partial charge in [-0.05, 0) is 35.7 Å². The lowest BCUT2D eigenvalue weighted by Crippen LogP contribution is -2.52. The molecule has 0 unspecified atom stereocenters. The zero-order valence-electron chi connectivity index (χ0n) is 13.9. The minimum Gasteiger partial charge on any atom is -0.356 e. The smallest absolute Gasteiger partial charge is 0.317 e. The molecular weight excluding hydrogens is 312 g/mol. The molecule has 6 nitrogen and oxygen atoms in total. The summed E-state index contributed by atoms with van der Waals surface area (Å²) in [7, 11) is 0. The van der Waals surface area contributed by atoms with Crippen molar-refractivity contribution in [1.29, 1.82) is 0 Å². The maximum atomic E-state index is 12.1. The largest absolute Gasteiger partial charge is 0.356 e. The fraction of sp³-hybridized carbons (Fsp3) is 0.625. The second-order valence-electron chi connectivity index (χ2n) is 5.82. The molecule has 3 amide bonds. The van der Waals surface area contributed by atoms with Crippen LogP contribution in [0.3, 0.4) is 0 Å². The molecular formula is C16H26N4O2S. The Hall–Kier alpha value is -1.60. The number of urea groups is 1. The van der Waals surface area contributed by atoms with E-state index in [2.05, 4.69) is 39.3 Å². The molecule has 1 aliphatic heterocycles. The Kier molecular flexibility index (Phi) is 6.85. The molecule has 0 radical (unpaired) electrons.